The molecule has 1 aromatic heterocycles. The highest BCUT2D eigenvalue weighted by Gasteiger charge is 2.68. The fourth-order valence-electron chi connectivity index (χ4n) is 8.60. The molecule has 4 aliphatic rings. The number of rotatable bonds is 6. The van der Waals surface area contributed by atoms with E-state index >= 15 is 0 Å². The highest BCUT2D eigenvalue weighted by Crippen LogP contribution is 2.66. The summed E-state index contributed by atoms with van der Waals surface area (Å²) >= 11 is 0. The summed E-state index contributed by atoms with van der Waals surface area (Å²) < 4.78 is 24.3. The number of ketones is 1. The quantitative estimate of drug-likeness (QED) is 0.248. The number of hydrogen-bond donors (Lipinski definition) is 1. The Balaban J connectivity index is 1.42. The lowest BCUT2D eigenvalue weighted by molar-refractivity contribution is -0.193. The van der Waals surface area contributed by atoms with Crippen molar-refractivity contribution in [1.29, 1.82) is 0 Å². The van der Waals surface area contributed by atoms with Gasteiger partial charge in [-0.3, -0.25) is 19.2 Å². The summed E-state index contributed by atoms with van der Waals surface area (Å²) in [6.45, 7) is 9.63. The Labute approximate surface area is 275 Å². The number of methoxy groups -OCH3 is 1. The normalized spacial score (nSPS) is 33.0. The van der Waals surface area contributed by atoms with Crippen LogP contribution in [0.5, 0.6) is 0 Å². The van der Waals surface area contributed by atoms with E-state index in [4.69, 9.17) is 25.1 Å². The van der Waals surface area contributed by atoms with Gasteiger partial charge in [0.1, 0.15) is 18.0 Å². The fraction of sp³-hybridized carbons (Fsp3) is 0.474. The van der Waals surface area contributed by atoms with Crippen molar-refractivity contribution in [2.75, 3.05) is 13.7 Å². The van der Waals surface area contributed by atoms with Gasteiger partial charge in [0.25, 0.3) is 5.91 Å². The number of hydrogen-bond acceptors (Lipinski definition) is 8. The molecule has 2 bridgehead atoms. The molecule has 2 fully saturated rings. The van der Waals surface area contributed by atoms with E-state index in [2.05, 4.69) is 25.1 Å². The lowest BCUT2D eigenvalue weighted by atomic mass is 9.49. The standard InChI is InChI=1S/C38H41NO8/c1-8-16-39-34(42)23-11-9-22(10-12-23)32-24(14-17-45-32)25-18-26-31(21(25)2)38(6)28(19-30(41)44-7)37(5)20-27(33(38)46-26)47-35(43)36(3,4)15-13-29(37)40/h1,9-15,17,25-28,33H,16,18-20H2,2-7H3,(H,39,42)/b15-13-. The van der Waals surface area contributed by atoms with Gasteiger partial charge < -0.3 is 23.9 Å². The number of nitrogens with one attached hydrogen (secondary N) is 1. The van der Waals surface area contributed by atoms with Crippen LogP contribution >= 0.6 is 0 Å². The molecule has 0 radical (unpaired) electrons. The van der Waals surface area contributed by atoms with E-state index in [0.29, 0.717) is 17.7 Å². The molecule has 1 saturated carbocycles. The zero-order chi connectivity index (χ0) is 33.9. The minimum Gasteiger partial charge on any atom is -0.469 e. The first kappa shape index (κ1) is 32.5. The number of carbonyl (C=O) groups is 4. The van der Waals surface area contributed by atoms with Gasteiger partial charge in [-0.25, -0.2) is 0 Å². The van der Waals surface area contributed by atoms with Gasteiger partial charge in [-0.15, -0.1) is 6.42 Å². The van der Waals surface area contributed by atoms with E-state index in [9.17, 15) is 19.2 Å². The highest BCUT2D eigenvalue weighted by atomic mass is 16.6. The largest absolute Gasteiger partial charge is 0.469 e. The minimum absolute atomic E-state index is 0.0133. The molecule has 1 saturated heterocycles. The van der Waals surface area contributed by atoms with E-state index in [-0.39, 0.29) is 43.1 Å². The average Bonchev–Trinajstić information content (AvgIpc) is 3.74. The zero-order valence-electron chi connectivity index (χ0n) is 27.7. The average molecular weight is 640 g/mol. The number of furan rings is 1. The molecule has 9 heteroatoms. The maximum absolute atomic E-state index is 14.1. The number of ether oxygens (including phenoxy) is 3. The Morgan fingerprint density at radius 2 is 1.83 bits per heavy atom. The van der Waals surface area contributed by atoms with Crippen LogP contribution in [0.3, 0.4) is 0 Å². The Hall–Kier alpha value is -4.42. The Kier molecular flexibility index (Phi) is 8.08. The summed E-state index contributed by atoms with van der Waals surface area (Å²) in [6.07, 6.45) is 9.35. The summed E-state index contributed by atoms with van der Waals surface area (Å²) in [5.41, 5.74) is 1.55. The summed E-state index contributed by atoms with van der Waals surface area (Å²) in [6, 6.07) is 9.12. The predicted molar refractivity (Wildman–Crippen MR) is 173 cm³/mol. The molecule has 1 amide bonds. The minimum atomic E-state index is -1.03. The van der Waals surface area contributed by atoms with E-state index in [0.717, 1.165) is 22.3 Å². The number of carbonyl (C=O) groups excluding carboxylic acids is 4. The van der Waals surface area contributed by atoms with Crippen molar-refractivity contribution in [3.63, 3.8) is 0 Å². The molecule has 3 heterocycles. The van der Waals surface area contributed by atoms with E-state index in [1.54, 1.807) is 38.3 Å². The number of esters is 2. The van der Waals surface area contributed by atoms with Crippen LogP contribution in [-0.2, 0) is 28.6 Å². The number of terminal acetylenes is 1. The molecular weight excluding hydrogens is 598 g/mol. The molecule has 2 aliphatic heterocycles. The van der Waals surface area contributed by atoms with Crippen molar-refractivity contribution in [3.8, 4) is 23.7 Å². The van der Waals surface area contributed by atoms with Gasteiger partial charge in [-0.2, -0.15) is 0 Å². The molecule has 6 rings (SSSR count). The van der Waals surface area contributed by atoms with Gasteiger partial charge in [0.05, 0.1) is 37.9 Å². The maximum Gasteiger partial charge on any atom is 0.315 e. The molecule has 2 aliphatic carbocycles. The van der Waals surface area contributed by atoms with Crippen molar-refractivity contribution in [1.82, 2.24) is 5.32 Å². The van der Waals surface area contributed by atoms with Gasteiger partial charge in [-0.05, 0) is 69.4 Å². The molecule has 2 aromatic rings. The van der Waals surface area contributed by atoms with Gasteiger partial charge in [0.2, 0.25) is 0 Å². The molecular formula is C38H41NO8. The molecule has 246 valence electrons. The van der Waals surface area contributed by atoms with E-state index in [1.165, 1.54) is 13.2 Å². The second-order valence-electron chi connectivity index (χ2n) is 14.2. The maximum atomic E-state index is 14.1. The lowest BCUT2D eigenvalue weighted by Crippen LogP contribution is -2.60. The van der Waals surface area contributed by atoms with Crippen molar-refractivity contribution < 1.29 is 37.8 Å². The van der Waals surface area contributed by atoms with Crippen LogP contribution in [0.25, 0.3) is 11.3 Å². The van der Waals surface area contributed by atoms with Crippen LogP contribution in [0.2, 0.25) is 0 Å². The number of allylic oxidation sites excluding steroid dienone is 2. The van der Waals surface area contributed by atoms with Crippen LogP contribution in [0.15, 0.2) is 64.3 Å². The molecule has 0 spiro atoms. The molecule has 1 N–H and O–H groups in total. The van der Waals surface area contributed by atoms with Gasteiger partial charge in [0.15, 0.2) is 5.78 Å². The van der Waals surface area contributed by atoms with Gasteiger partial charge in [-0.1, -0.05) is 43.5 Å². The lowest BCUT2D eigenvalue weighted by Gasteiger charge is -2.54. The first-order chi connectivity index (χ1) is 22.3. The summed E-state index contributed by atoms with van der Waals surface area (Å²) in [5, 5.41) is 2.67. The third-order valence-corrected chi connectivity index (χ3v) is 11.1. The Bertz CT molecular complexity index is 1740. The van der Waals surface area contributed by atoms with Crippen molar-refractivity contribution >= 4 is 23.6 Å². The predicted octanol–water partition coefficient (Wildman–Crippen LogP) is 5.55. The first-order valence-electron chi connectivity index (χ1n) is 16.0. The van der Waals surface area contributed by atoms with Crippen LogP contribution in [-0.4, -0.2) is 55.6 Å². The highest BCUT2D eigenvalue weighted by molar-refractivity contribution is 5.97. The van der Waals surface area contributed by atoms with Crippen LogP contribution in [0.1, 0.15) is 75.7 Å². The van der Waals surface area contributed by atoms with Gasteiger partial charge >= 0.3 is 11.9 Å². The fourth-order valence-corrected chi connectivity index (χ4v) is 8.60. The third-order valence-electron chi connectivity index (χ3n) is 11.1. The molecule has 47 heavy (non-hydrogen) atoms. The Morgan fingerprint density at radius 1 is 1.11 bits per heavy atom. The smallest absolute Gasteiger partial charge is 0.315 e. The van der Waals surface area contributed by atoms with Crippen molar-refractivity contribution in [2.45, 2.75) is 78.1 Å². The number of fused-ring (bicyclic) bond motifs is 6. The van der Waals surface area contributed by atoms with Crippen LogP contribution in [0.4, 0.5) is 0 Å². The molecule has 9 nitrogen and oxygen atoms in total. The van der Waals surface area contributed by atoms with Crippen LogP contribution in [0, 0.1) is 34.5 Å². The SMILES string of the molecule is C#CCNC(=O)c1ccc(-c2occc2C2CC3OC4C5CC(C)(C(=O)/C=C\C(C)(C)C(=O)O5)C(CC(=O)OC)C4(C)C3=C2C)cc1. The molecule has 1 aromatic carbocycles. The van der Waals surface area contributed by atoms with E-state index in [1.807, 2.05) is 25.1 Å². The topological polar surface area (TPSA) is 121 Å². The molecule has 7 atom stereocenters. The number of amides is 1. The Morgan fingerprint density at radius 3 is 2.51 bits per heavy atom. The summed E-state index contributed by atoms with van der Waals surface area (Å²) in [7, 11) is 1.35. The summed E-state index contributed by atoms with van der Waals surface area (Å²) in [5.74, 6) is 1.31. The zero-order valence-corrected chi connectivity index (χ0v) is 27.7. The first-order valence-corrected chi connectivity index (χ1v) is 16.0. The number of benzene rings is 1. The monoisotopic (exact) mass is 639 g/mol. The summed E-state index contributed by atoms with van der Waals surface area (Å²) in [4.78, 5) is 52.9. The third kappa shape index (κ3) is 5.14. The van der Waals surface area contributed by atoms with Gasteiger partial charge in [0, 0.05) is 33.4 Å². The van der Waals surface area contributed by atoms with Crippen molar-refractivity contribution in [3.05, 3.63) is 71.0 Å². The second kappa shape index (κ2) is 11.7. The second-order valence-corrected chi connectivity index (χ2v) is 14.2. The van der Waals surface area contributed by atoms with Crippen molar-refractivity contribution in [2.24, 2.45) is 22.2 Å². The van der Waals surface area contributed by atoms with E-state index < -0.39 is 46.3 Å². The van der Waals surface area contributed by atoms with Crippen LogP contribution < -0.4 is 5.32 Å². The molecule has 7 unspecified atom stereocenters.